The van der Waals surface area contributed by atoms with Crippen LogP contribution < -0.4 is 10.6 Å². The number of hydrogen-bond donors (Lipinski definition) is 2. The summed E-state index contributed by atoms with van der Waals surface area (Å²) >= 11 is 0. The number of guanidine groups is 1. The van der Waals surface area contributed by atoms with Gasteiger partial charge in [0.25, 0.3) is 0 Å². The highest BCUT2D eigenvalue weighted by Crippen LogP contribution is 2.18. The van der Waals surface area contributed by atoms with Crippen LogP contribution >= 0.6 is 24.0 Å². The molecule has 1 rings (SSSR count). The Morgan fingerprint density at radius 2 is 1.96 bits per heavy atom. The lowest BCUT2D eigenvalue weighted by atomic mass is 10.0. The van der Waals surface area contributed by atoms with Crippen molar-refractivity contribution in [1.29, 1.82) is 0 Å². The number of piperidine rings is 1. The Labute approximate surface area is 182 Å². The van der Waals surface area contributed by atoms with E-state index in [4.69, 9.17) is 4.74 Å². The zero-order chi connectivity index (χ0) is 19.2. The van der Waals surface area contributed by atoms with E-state index in [1.54, 1.807) is 19.0 Å². The molecular weight excluding hydrogens is 457 g/mol. The van der Waals surface area contributed by atoms with Crippen molar-refractivity contribution in [2.24, 2.45) is 4.99 Å². The number of amides is 1. The highest BCUT2D eigenvalue weighted by atomic mass is 127. The average molecular weight is 497 g/mol. The number of halogens is 1. The standard InChI is InChI=1S/C19H39N5O2.HI/c1-5-17-10-7-8-13-24(17)14-12-21-19(20-11-9-15-26-6-2)22-16-18(25)23(3)4;/h17H,5-16H2,1-4H3,(H2,20,21,22);1H. The molecular formula is C19H40IN5O2. The first-order valence-corrected chi connectivity index (χ1v) is 10.1. The van der Waals surface area contributed by atoms with Crippen molar-refractivity contribution < 1.29 is 9.53 Å². The number of hydrogen-bond acceptors (Lipinski definition) is 4. The summed E-state index contributed by atoms with van der Waals surface area (Å²) in [4.78, 5) is 20.4. The molecule has 1 atom stereocenters. The summed E-state index contributed by atoms with van der Waals surface area (Å²) in [6.07, 6.45) is 6.09. The third-order valence-electron chi connectivity index (χ3n) is 4.75. The Hall–Kier alpha value is -0.610. The molecule has 0 aromatic rings. The fraction of sp³-hybridized carbons (Fsp3) is 0.895. The largest absolute Gasteiger partial charge is 0.382 e. The van der Waals surface area contributed by atoms with Gasteiger partial charge < -0.3 is 20.3 Å². The van der Waals surface area contributed by atoms with Crippen molar-refractivity contribution >= 4 is 35.8 Å². The molecule has 1 aliphatic heterocycles. The third kappa shape index (κ3) is 11.7. The van der Waals surface area contributed by atoms with Crippen molar-refractivity contribution in [3.05, 3.63) is 0 Å². The van der Waals surface area contributed by atoms with Gasteiger partial charge in [0.2, 0.25) is 5.91 Å². The molecule has 0 saturated carbocycles. The molecule has 0 aromatic heterocycles. The van der Waals surface area contributed by atoms with Gasteiger partial charge in [-0.2, -0.15) is 0 Å². The van der Waals surface area contributed by atoms with E-state index in [-0.39, 0.29) is 36.4 Å². The number of ether oxygens (including phenoxy) is 1. The number of aliphatic imine (C=N–C) groups is 1. The van der Waals surface area contributed by atoms with Crippen molar-refractivity contribution in [3.8, 4) is 0 Å². The normalized spacial score (nSPS) is 17.9. The van der Waals surface area contributed by atoms with E-state index in [1.165, 1.54) is 32.2 Å². The van der Waals surface area contributed by atoms with Crippen LogP contribution in [0.1, 0.15) is 46.0 Å². The first kappa shape index (κ1) is 26.4. The number of likely N-dealkylation sites (tertiary alicyclic amines) is 1. The smallest absolute Gasteiger partial charge is 0.243 e. The van der Waals surface area contributed by atoms with Crippen LogP contribution in [0.4, 0.5) is 0 Å². The second-order valence-electron chi connectivity index (χ2n) is 6.95. The van der Waals surface area contributed by atoms with Crippen molar-refractivity contribution in [2.75, 3.05) is 60.0 Å². The monoisotopic (exact) mass is 497 g/mol. The van der Waals surface area contributed by atoms with Crippen LogP contribution in [-0.4, -0.2) is 87.7 Å². The van der Waals surface area contributed by atoms with Crippen LogP contribution in [0.15, 0.2) is 4.99 Å². The number of rotatable bonds is 11. The minimum absolute atomic E-state index is 0. The van der Waals surface area contributed by atoms with E-state index in [2.05, 4.69) is 27.4 Å². The molecule has 160 valence electrons. The molecule has 1 saturated heterocycles. The van der Waals surface area contributed by atoms with Crippen LogP contribution in [0, 0.1) is 0 Å². The maximum absolute atomic E-state index is 11.8. The van der Waals surface area contributed by atoms with Gasteiger partial charge in [0.1, 0.15) is 6.54 Å². The molecule has 1 amide bonds. The van der Waals surface area contributed by atoms with E-state index >= 15 is 0 Å². The van der Waals surface area contributed by atoms with E-state index in [1.807, 2.05) is 6.92 Å². The molecule has 0 radical (unpaired) electrons. The Kier molecular flexibility index (Phi) is 16.0. The van der Waals surface area contributed by atoms with Crippen LogP contribution in [-0.2, 0) is 9.53 Å². The first-order chi connectivity index (χ1) is 12.6. The van der Waals surface area contributed by atoms with E-state index in [0.29, 0.717) is 12.0 Å². The second-order valence-corrected chi connectivity index (χ2v) is 6.95. The van der Waals surface area contributed by atoms with Gasteiger partial charge in [-0.3, -0.25) is 9.69 Å². The van der Waals surface area contributed by atoms with Crippen molar-refractivity contribution in [2.45, 2.75) is 52.0 Å². The molecule has 2 N–H and O–H groups in total. The minimum atomic E-state index is 0. The highest BCUT2D eigenvalue weighted by molar-refractivity contribution is 14.0. The highest BCUT2D eigenvalue weighted by Gasteiger charge is 2.20. The Bertz CT molecular complexity index is 421. The Morgan fingerprint density at radius 1 is 1.22 bits per heavy atom. The minimum Gasteiger partial charge on any atom is -0.382 e. The summed E-state index contributed by atoms with van der Waals surface area (Å²) in [6.45, 7) is 9.73. The molecule has 0 aromatic carbocycles. The molecule has 1 unspecified atom stereocenters. The maximum Gasteiger partial charge on any atom is 0.243 e. The molecule has 27 heavy (non-hydrogen) atoms. The lowest BCUT2D eigenvalue weighted by Gasteiger charge is -2.35. The molecule has 0 spiro atoms. The molecule has 0 bridgehead atoms. The Balaban J connectivity index is 0.00000676. The van der Waals surface area contributed by atoms with Gasteiger partial charge in [0, 0.05) is 53.0 Å². The van der Waals surface area contributed by atoms with Crippen LogP contribution in [0.5, 0.6) is 0 Å². The summed E-state index contributed by atoms with van der Waals surface area (Å²) in [6, 6.07) is 0.709. The zero-order valence-corrected chi connectivity index (χ0v) is 20.0. The van der Waals surface area contributed by atoms with Gasteiger partial charge in [-0.25, -0.2) is 4.99 Å². The number of nitrogens with one attached hydrogen (secondary N) is 2. The van der Waals surface area contributed by atoms with E-state index < -0.39 is 0 Å². The van der Waals surface area contributed by atoms with Gasteiger partial charge in [-0.05, 0) is 39.2 Å². The predicted octanol–water partition coefficient (Wildman–Crippen LogP) is 1.92. The summed E-state index contributed by atoms with van der Waals surface area (Å²) in [5.41, 5.74) is 0. The summed E-state index contributed by atoms with van der Waals surface area (Å²) in [5.74, 6) is 0.712. The van der Waals surface area contributed by atoms with Crippen LogP contribution in [0.25, 0.3) is 0 Å². The van der Waals surface area contributed by atoms with Crippen LogP contribution in [0.3, 0.4) is 0 Å². The lowest BCUT2D eigenvalue weighted by Crippen LogP contribution is -2.46. The molecule has 8 heteroatoms. The molecule has 0 aliphatic carbocycles. The third-order valence-corrected chi connectivity index (χ3v) is 4.75. The zero-order valence-electron chi connectivity index (χ0n) is 17.6. The summed E-state index contributed by atoms with van der Waals surface area (Å²) in [5, 5.41) is 6.69. The van der Waals surface area contributed by atoms with Gasteiger partial charge in [0.05, 0.1) is 0 Å². The summed E-state index contributed by atoms with van der Waals surface area (Å²) in [7, 11) is 3.50. The molecule has 1 fully saturated rings. The fourth-order valence-corrected chi connectivity index (χ4v) is 3.12. The van der Waals surface area contributed by atoms with Crippen molar-refractivity contribution in [3.63, 3.8) is 0 Å². The SMILES string of the molecule is CCOCCCNC(=NCC(=O)N(C)C)NCCN1CCCCC1CC.I. The Morgan fingerprint density at radius 3 is 2.63 bits per heavy atom. The van der Waals surface area contributed by atoms with Crippen LogP contribution in [0.2, 0.25) is 0 Å². The maximum atomic E-state index is 11.8. The van der Waals surface area contributed by atoms with E-state index in [0.717, 1.165) is 39.3 Å². The first-order valence-electron chi connectivity index (χ1n) is 10.1. The number of carbonyl (C=O) groups is 1. The number of likely N-dealkylation sites (N-methyl/N-ethyl adjacent to an activating group) is 1. The average Bonchev–Trinajstić information content (AvgIpc) is 2.65. The molecule has 7 nitrogen and oxygen atoms in total. The van der Waals surface area contributed by atoms with Gasteiger partial charge in [0.15, 0.2) is 5.96 Å². The van der Waals surface area contributed by atoms with Gasteiger partial charge in [-0.15, -0.1) is 24.0 Å². The second kappa shape index (κ2) is 16.4. The lowest BCUT2D eigenvalue weighted by molar-refractivity contribution is -0.127. The number of nitrogens with zero attached hydrogens (tertiary/aromatic N) is 3. The predicted molar refractivity (Wildman–Crippen MR) is 123 cm³/mol. The van der Waals surface area contributed by atoms with Gasteiger partial charge >= 0.3 is 0 Å². The topological polar surface area (TPSA) is 69.2 Å². The van der Waals surface area contributed by atoms with Gasteiger partial charge in [-0.1, -0.05) is 13.3 Å². The summed E-state index contributed by atoms with van der Waals surface area (Å²) < 4.78 is 5.36. The van der Waals surface area contributed by atoms with Crippen molar-refractivity contribution in [1.82, 2.24) is 20.4 Å². The molecule has 1 heterocycles. The fourth-order valence-electron chi connectivity index (χ4n) is 3.12. The number of carbonyl (C=O) groups excluding carboxylic acids is 1. The quantitative estimate of drug-likeness (QED) is 0.198. The molecule has 1 aliphatic rings. The van der Waals surface area contributed by atoms with E-state index in [9.17, 15) is 4.79 Å².